The largest absolute Gasteiger partial charge is 0.443 e. The fraction of sp³-hybridized carbons (Fsp3) is 0.643. The second-order valence-corrected chi connectivity index (χ2v) is 28.5. The maximum absolute atomic E-state index is 14.0. The van der Waals surface area contributed by atoms with E-state index in [1.165, 1.54) is 4.80 Å². The number of benzene rings is 1. The zero-order chi connectivity index (χ0) is 44.7. The molecule has 20 heteroatoms. The predicted molar refractivity (Wildman–Crippen MR) is 236 cm³/mol. The fourth-order valence-corrected chi connectivity index (χ4v) is 9.55. The molecular weight excluding hydrogens is 834 g/mol. The molecule has 2 aliphatic heterocycles. The van der Waals surface area contributed by atoms with E-state index in [0.717, 1.165) is 30.9 Å². The first-order valence-electron chi connectivity index (χ1n) is 21.3. The van der Waals surface area contributed by atoms with E-state index in [1.807, 2.05) is 71.0 Å². The van der Waals surface area contributed by atoms with Crippen LogP contribution >= 0.6 is 7.14 Å². The van der Waals surface area contributed by atoms with Gasteiger partial charge in [-0.15, -0.1) is 15.0 Å². The number of ether oxygens (including phenoxy) is 6. The third kappa shape index (κ3) is 10.5. The summed E-state index contributed by atoms with van der Waals surface area (Å²) in [5.74, 6) is -0.0237. The summed E-state index contributed by atoms with van der Waals surface area (Å²) in [6.07, 6.45) is 4.35. The molecule has 1 amide bonds. The SMILES string of the molecule is CC(C)(C)OC(=O)N(c1nc(/C=C/c2ccccc2)nc2c1cnn2[C@@H]1O[C@H](COC(CO)(Cc2nnn(COCC[Si](C)(C)C)n2)P(C)(C)=O)[C@H]2OC(C)(C)O[C@H]21)C1CCC1. The van der Waals surface area contributed by atoms with Gasteiger partial charge in [-0.1, -0.05) is 56.0 Å². The summed E-state index contributed by atoms with van der Waals surface area (Å²) in [5.41, 5.74) is 0.613. The molecule has 1 aromatic carbocycles. The lowest BCUT2D eigenvalue weighted by molar-refractivity contribution is -0.206. The predicted octanol–water partition coefficient (Wildman–Crippen LogP) is 6.58. The molecule has 2 saturated heterocycles. The first-order chi connectivity index (χ1) is 29.1. The molecule has 5 heterocycles. The van der Waals surface area contributed by atoms with Gasteiger partial charge in [0.15, 0.2) is 47.2 Å². The van der Waals surface area contributed by atoms with Gasteiger partial charge in [0, 0.05) is 27.1 Å². The molecular formula is C42H62N9O9PSi. The van der Waals surface area contributed by atoms with Gasteiger partial charge < -0.3 is 38.1 Å². The third-order valence-electron chi connectivity index (χ3n) is 11.2. The van der Waals surface area contributed by atoms with Crippen molar-refractivity contribution in [1.82, 2.24) is 40.0 Å². The lowest BCUT2D eigenvalue weighted by Crippen LogP contribution is -2.47. The number of aliphatic hydroxyl groups is 1. The van der Waals surface area contributed by atoms with E-state index in [-0.39, 0.29) is 31.6 Å². The minimum atomic E-state index is -3.22. The molecule has 1 aliphatic carbocycles. The van der Waals surface area contributed by atoms with E-state index in [0.29, 0.717) is 29.3 Å². The molecule has 0 radical (unpaired) electrons. The number of aromatic nitrogens is 8. The lowest BCUT2D eigenvalue weighted by atomic mass is 9.91. The van der Waals surface area contributed by atoms with Gasteiger partial charge in [0.25, 0.3) is 0 Å². The van der Waals surface area contributed by atoms with E-state index in [9.17, 15) is 14.5 Å². The van der Waals surface area contributed by atoms with Gasteiger partial charge in [0.2, 0.25) is 0 Å². The number of amides is 1. The van der Waals surface area contributed by atoms with Crippen molar-refractivity contribution in [2.24, 2.45) is 0 Å². The average molecular weight is 896 g/mol. The summed E-state index contributed by atoms with van der Waals surface area (Å²) in [6.45, 7) is 19.1. The minimum absolute atomic E-state index is 0.0757. The highest BCUT2D eigenvalue weighted by Crippen LogP contribution is 2.54. The van der Waals surface area contributed by atoms with E-state index in [2.05, 4.69) is 35.1 Å². The van der Waals surface area contributed by atoms with Crippen LogP contribution in [0.3, 0.4) is 0 Å². The first kappa shape index (κ1) is 46.1. The van der Waals surface area contributed by atoms with Crippen molar-refractivity contribution >= 4 is 50.3 Å². The molecule has 0 bridgehead atoms. The van der Waals surface area contributed by atoms with E-state index < -0.39 is 69.2 Å². The van der Waals surface area contributed by atoms with Gasteiger partial charge in [-0.3, -0.25) is 4.90 Å². The highest BCUT2D eigenvalue weighted by molar-refractivity contribution is 7.63. The number of carbonyl (C=O) groups excluding carboxylic acids is 1. The van der Waals surface area contributed by atoms with Crippen LogP contribution in [-0.4, -0.2) is 133 Å². The minimum Gasteiger partial charge on any atom is -0.443 e. The summed E-state index contributed by atoms with van der Waals surface area (Å²) >= 11 is 0. The molecule has 3 fully saturated rings. The zero-order valence-corrected chi connectivity index (χ0v) is 39.4. The summed E-state index contributed by atoms with van der Waals surface area (Å²) < 4.78 is 53.6. The Bertz CT molecular complexity index is 2270. The van der Waals surface area contributed by atoms with Crippen molar-refractivity contribution in [3.63, 3.8) is 0 Å². The van der Waals surface area contributed by atoms with E-state index in [4.69, 9.17) is 43.5 Å². The molecule has 5 atom stereocenters. The van der Waals surface area contributed by atoms with E-state index in [1.54, 1.807) is 35.2 Å². The number of hydrogen-bond donors (Lipinski definition) is 1. The molecule has 338 valence electrons. The summed E-state index contributed by atoms with van der Waals surface area (Å²) in [5, 5.41) is 27.4. The van der Waals surface area contributed by atoms with Crippen LogP contribution in [0.4, 0.5) is 10.6 Å². The number of fused-ring (bicyclic) bond motifs is 2. The van der Waals surface area contributed by atoms with Crippen molar-refractivity contribution in [3.8, 4) is 0 Å². The second kappa shape index (κ2) is 17.9. The fourth-order valence-electron chi connectivity index (χ4n) is 7.54. The molecule has 1 N–H and O–H groups in total. The van der Waals surface area contributed by atoms with Gasteiger partial charge in [0.1, 0.15) is 31.1 Å². The van der Waals surface area contributed by atoms with Crippen molar-refractivity contribution in [2.75, 3.05) is 38.1 Å². The van der Waals surface area contributed by atoms with Gasteiger partial charge in [-0.2, -0.15) is 5.10 Å². The maximum Gasteiger partial charge on any atom is 0.416 e. The monoisotopic (exact) mass is 895 g/mol. The van der Waals surface area contributed by atoms with Crippen LogP contribution in [-0.2, 0) is 46.1 Å². The molecule has 1 unspecified atom stereocenters. The third-order valence-corrected chi connectivity index (χ3v) is 15.3. The Balaban J connectivity index is 1.19. The van der Waals surface area contributed by atoms with Crippen molar-refractivity contribution < 1.29 is 42.9 Å². The van der Waals surface area contributed by atoms with Gasteiger partial charge in [0.05, 0.1) is 24.8 Å². The lowest BCUT2D eigenvalue weighted by Gasteiger charge is -2.37. The first-order valence-corrected chi connectivity index (χ1v) is 27.6. The van der Waals surface area contributed by atoms with Crippen LogP contribution < -0.4 is 4.90 Å². The number of nitrogens with zero attached hydrogens (tertiary/aromatic N) is 9. The summed E-state index contributed by atoms with van der Waals surface area (Å²) in [4.78, 5) is 26.9. The quantitative estimate of drug-likeness (QED) is 0.0677. The number of tetrazole rings is 1. The number of anilines is 1. The zero-order valence-electron chi connectivity index (χ0n) is 37.6. The Kier molecular flexibility index (Phi) is 13.3. The summed E-state index contributed by atoms with van der Waals surface area (Å²) in [7, 11) is -4.50. The number of rotatable bonds is 17. The standard InChI is InChI=1S/C42H62N9O9PSi/c1-40(2,3)60-39(53)50(29-17-14-18-29)36-30-24-43-51(37(30)45-32(44-36)20-19-28-15-12-11-13-16-28)38-35-34(58-41(4,5)59-35)31(57-38)25-56-42(26-52,61(6,7)54)23-33-46-48-49(47-33)27-55-21-22-62(8,9)10/h11-13,15-16,19-20,24,29,31,34-35,38,52H,14,17-18,21-23,25-27H2,1-10H3/b20-19+/t31-,34-,35-,38-,42?/m1/s1. The Morgan fingerprint density at radius 1 is 1.08 bits per heavy atom. The molecule has 3 aromatic heterocycles. The summed E-state index contributed by atoms with van der Waals surface area (Å²) in [6, 6.07) is 10.7. The Hall–Kier alpha value is -3.94. The maximum atomic E-state index is 14.0. The van der Waals surface area contributed by atoms with Crippen LogP contribution in [0.5, 0.6) is 0 Å². The van der Waals surface area contributed by atoms with Crippen LogP contribution in [0.25, 0.3) is 23.2 Å². The second-order valence-electron chi connectivity index (χ2n) is 19.4. The Labute approximate surface area is 364 Å². The number of aliphatic hydroxyl groups excluding tert-OH is 1. The molecule has 3 aliphatic rings. The smallest absolute Gasteiger partial charge is 0.416 e. The van der Waals surface area contributed by atoms with E-state index >= 15 is 0 Å². The van der Waals surface area contributed by atoms with Gasteiger partial charge in [-0.25, -0.2) is 19.4 Å². The van der Waals surface area contributed by atoms with Gasteiger partial charge >= 0.3 is 6.09 Å². The van der Waals surface area contributed by atoms with Crippen LogP contribution in [0.2, 0.25) is 25.7 Å². The Morgan fingerprint density at radius 3 is 2.45 bits per heavy atom. The van der Waals surface area contributed by atoms with Crippen LogP contribution in [0.1, 0.15) is 77.3 Å². The number of carbonyl (C=O) groups is 1. The normalized spacial score (nSPS) is 22.8. The van der Waals surface area contributed by atoms with Crippen LogP contribution in [0, 0.1) is 0 Å². The molecule has 62 heavy (non-hydrogen) atoms. The highest BCUT2D eigenvalue weighted by Gasteiger charge is 2.57. The highest BCUT2D eigenvalue weighted by atomic mass is 31.2. The van der Waals surface area contributed by atoms with Crippen molar-refractivity contribution in [2.45, 2.75) is 140 Å². The average Bonchev–Trinajstić information content (AvgIpc) is 3.94. The topological polar surface area (TPSA) is 200 Å². The molecule has 18 nitrogen and oxygen atoms in total. The van der Waals surface area contributed by atoms with Gasteiger partial charge in [-0.05, 0) is 90.1 Å². The molecule has 4 aromatic rings. The van der Waals surface area contributed by atoms with Crippen molar-refractivity contribution in [1.29, 1.82) is 0 Å². The van der Waals surface area contributed by atoms with Crippen molar-refractivity contribution in [3.05, 3.63) is 53.7 Å². The van der Waals surface area contributed by atoms with Crippen LogP contribution in [0.15, 0.2) is 36.5 Å². The molecule has 1 saturated carbocycles. The molecule has 7 rings (SSSR count). The molecule has 0 spiro atoms. The number of hydrogen-bond acceptors (Lipinski definition) is 15. The Morgan fingerprint density at radius 2 is 1.81 bits per heavy atom.